The van der Waals surface area contributed by atoms with Gasteiger partial charge in [-0.1, -0.05) is 24.1 Å². The van der Waals surface area contributed by atoms with E-state index < -0.39 is 12.0 Å². The second kappa shape index (κ2) is 5.79. The van der Waals surface area contributed by atoms with Crippen LogP contribution in [0, 0.1) is 12.3 Å². The molecule has 4 nitrogen and oxygen atoms in total. The number of hydrogen-bond acceptors (Lipinski definition) is 4. The molecule has 84 valence electrons. The van der Waals surface area contributed by atoms with Gasteiger partial charge in [0.15, 0.2) is 0 Å². The summed E-state index contributed by atoms with van der Waals surface area (Å²) < 4.78 is 4.64. The SMILES string of the molecule is C#CCNC(C(=O)OC)c1ccccc1O. The van der Waals surface area contributed by atoms with Crippen molar-refractivity contribution in [2.75, 3.05) is 13.7 Å². The highest BCUT2D eigenvalue weighted by atomic mass is 16.5. The Hall–Kier alpha value is -1.99. The van der Waals surface area contributed by atoms with Crippen LogP contribution in [-0.4, -0.2) is 24.7 Å². The van der Waals surface area contributed by atoms with Crippen molar-refractivity contribution in [1.82, 2.24) is 5.32 Å². The molecule has 0 spiro atoms. The first-order chi connectivity index (χ1) is 7.70. The van der Waals surface area contributed by atoms with Crippen LogP contribution >= 0.6 is 0 Å². The lowest BCUT2D eigenvalue weighted by atomic mass is 10.1. The van der Waals surface area contributed by atoms with E-state index in [2.05, 4.69) is 16.0 Å². The zero-order valence-electron chi connectivity index (χ0n) is 8.93. The average Bonchev–Trinajstić information content (AvgIpc) is 2.31. The van der Waals surface area contributed by atoms with Crippen molar-refractivity contribution in [2.24, 2.45) is 0 Å². The van der Waals surface area contributed by atoms with Gasteiger partial charge in [0.05, 0.1) is 13.7 Å². The molecule has 4 heteroatoms. The molecule has 2 N–H and O–H groups in total. The van der Waals surface area contributed by atoms with Gasteiger partial charge < -0.3 is 9.84 Å². The molecule has 1 unspecified atom stereocenters. The monoisotopic (exact) mass is 219 g/mol. The van der Waals surface area contributed by atoms with Crippen LogP contribution in [0.5, 0.6) is 5.75 Å². The molecule has 1 atom stereocenters. The standard InChI is InChI=1S/C12H13NO3/c1-3-8-13-11(12(15)16-2)9-6-4-5-7-10(9)14/h1,4-7,11,13-14H,8H2,2H3. The summed E-state index contributed by atoms with van der Waals surface area (Å²) in [6.45, 7) is 0.216. The first-order valence-electron chi connectivity index (χ1n) is 4.73. The number of carbonyl (C=O) groups is 1. The quantitative estimate of drug-likeness (QED) is 0.581. The molecule has 0 saturated carbocycles. The summed E-state index contributed by atoms with van der Waals surface area (Å²) in [6.07, 6.45) is 5.11. The number of esters is 1. The molecular weight excluding hydrogens is 206 g/mol. The van der Waals surface area contributed by atoms with E-state index in [1.54, 1.807) is 18.2 Å². The Labute approximate surface area is 94.2 Å². The lowest BCUT2D eigenvalue weighted by Crippen LogP contribution is -2.29. The first-order valence-corrected chi connectivity index (χ1v) is 4.73. The molecule has 0 aliphatic rings. The molecule has 0 heterocycles. The fourth-order valence-corrected chi connectivity index (χ4v) is 1.33. The van der Waals surface area contributed by atoms with Crippen molar-refractivity contribution in [2.45, 2.75) is 6.04 Å². The van der Waals surface area contributed by atoms with E-state index in [1.165, 1.54) is 13.2 Å². The van der Waals surface area contributed by atoms with E-state index >= 15 is 0 Å². The van der Waals surface area contributed by atoms with Crippen molar-refractivity contribution in [3.05, 3.63) is 29.8 Å². The Kier molecular flexibility index (Phi) is 4.37. The second-order valence-corrected chi connectivity index (χ2v) is 3.10. The smallest absolute Gasteiger partial charge is 0.327 e. The molecule has 0 aliphatic heterocycles. The number of aromatic hydroxyl groups is 1. The summed E-state index contributed by atoms with van der Waals surface area (Å²) in [7, 11) is 1.28. The lowest BCUT2D eigenvalue weighted by molar-refractivity contribution is -0.143. The Balaban J connectivity index is 2.97. The number of phenolic OH excluding ortho intramolecular Hbond substituents is 1. The fraction of sp³-hybridized carbons (Fsp3) is 0.250. The molecule has 0 fully saturated rings. The number of ether oxygens (including phenoxy) is 1. The first kappa shape index (κ1) is 12.1. The molecule has 16 heavy (non-hydrogen) atoms. The topological polar surface area (TPSA) is 58.6 Å². The molecule has 0 radical (unpaired) electrons. The maximum Gasteiger partial charge on any atom is 0.327 e. The fourth-order valence-electron chi connectivity index (χ4n) is 1.33. The van der Waals surface area contributed by atoms with Gasteiger partial charge in [0, 0.05) is 5.56 Å². The molecule has 1 aromatic rings. The van der Waals surface area contributed by atoms with Gasteiger partial charge >= 0.3 is 5.97 Å². The minimum atomic E-state index is -0.748. The molecule has 0 aliphatic carbocycles. The number of para-hydroxylation sites is 1. The second-order valence-electron chi connectivity index (χ2n) is 3.10. The Morgan fingerprint density at radius 3 is 2.88 bits per heavy atom. The van der Waals surface area contributed by atoms with Gasteiger partial charge in [-0.2, -0.15) is 0 Å². The lowest BCUT2D eigenvalue weighted by Gasteiger charge is -2.16. The van der Waals surface area contributed by atoms with Crippen LogP contribution in [0.4, 0.5) is 0 Å². The largest absolute Gasteiger partial charge is 0.508 e. The van der Waals surface area contributed by atoms with E-state index in [9.17, 15) is 9.90 Å². The predicted octanol–water partition coefficient (Wildman–Crippen LogP) is 0.829. The number of nitrogens with one attached hydrogen (secondary N) is 1. The van der Waals surface area contributed by atoms with Crippen molar-refractivity contribution >= 4 is 5.97 Å². The summed E-state index contributed by atoms with van der Waals surface area (Å²) >= 11 is 0. The number of hydrogen-bond donors (Lipinski definition) is 2. The van der Waals surface area contributed by atoms with Crippen LogP contribution in [0.3, 0.4) is 0 Å². The van der Waals surface area contributed by atoms with Gasteiger partial charge in [0.1, 0.15) is 11.8 Å². The number of benzene rings is 1. The normalized spacial score (nSPS) is 11.5. The van der Waals surface area contributed by atoms with Gasteiger partial charge in [0.2, 0.25) is 0 Å². The van der Waals surface area contributed by atoms with E-state index in [0.717, 1.165) is 0 Å². The highest BCUT2D eigenvalue weighted by Gasteiger charge is 2.22. The average molecular weight is 219 g/mol. The number of phenols is 1. The van der Waals surface area contributed by atoms with Crippen LogP contribution in [0.15, 0.2) is 24.3 Å². The minimum absolute atomic E-state index is 0.0300. The summed E-state index contributed by atoms with van der Waals surface area (Å²) in [5.41, 5.74) is 0.449. The Morgan fingerprint density at radius 1 is 1.62 bits per heavy atom. The predicted molar refractivity (Wildman–Crippen MR) is 59.7 cm³/mol. The summed E-state index contributed by atoms with van der Waals surface area (Å²) in [5.74, 6) is 1.91. The van der Waals surface area contributed by atoms with E-state index in [-0.39, 0.29) is 12.3 Å². The third kappa shape index (κ3) is 2.75. The molecule has 1 rings (SSSR count). The van der Waals surface area contributed by atoms with E-state index in [0.29, 0.717) is 5.56 Å². The highest BCUT2D eigenvalue weighted by molar-refractivity contribution is 5.78. The van der Waals surface area contributed by atoms with E-state index in [1.807, 2.05) is 0 Å². The van der Waals surface area contributed by atoms with Crippen molar-refractivity contribution in [3.63, 3.8) is 0 Å². The zero-order valence-corrected chi connectivity index (χ0v) is 8.93. The minimum Gasteiger partial charge on any atom is -0.508 e. The summed E-state index contributed by atoms with van der Waals surface area (Å²) in [4.78, 5) is 11.5. The summed E-state index contributed by atoms with van der Waals surface area (Å²) in [6, 6.07) is 5.79. The molecule has 0 amide bonds. The molecule has 0 bridgehead atoms. The van der Waals surface area contributed by atoms with E-state index in [4.69, 9.17) is 6.42 Å². The van der Waals surface area contributed by atoms with Gasteiger partial charge in [-0.05, 0) is 6.07 Å². The Bertz CT molecular complexity index is 409. The molecule has 1 aromatic carbocycles. The molecule has 0 aromatic heterocycles. The third-order valence-electron chi connectivity index (χ3n) is 2.09. The number of rotatable bonds is 4. The Morgan fingerprint density at radius 2 is 2.31 bits per heavy atom. The highest BCUT2D eigenvalue weighted by Crippen LogP contribution is 2.24. The number of terminal acetylenes is 1. The van der Waals surface area contributed by atoms with Crippen LogP contribution in [-0.2, 0) is 9.53 Å². The number of carbonyl (C=O) groups excluding carboxylic acids is 1. The summed E-state index contributed by atoms with van der Waals surface area (Å²) in [5, 5.41) is 12.4. The number of methoxy groups -OCH3 is 1. The van der Waals surface area contributed by atoms with Gasteiger partial charge in [0.25, 0.3) is 0 Å². The van der Waals surface area contributed by atoms with Crippen LogP contribution < -0.4 is 5.32 Å². The zero-order chi connectivity index (χ0) is 12.0. The maximum atomic E-state index is 11.5. The van der Waals surface area contributed by atoms with Gasteiger partial charge in [-0.3, -0.25) is 5.32 Å². The van der Waals surface area contributed by atoms with Gasteiger partial charge in [-0.15, -0.1) is 6.42 Å². The van der Waals surface area contributed by atoms with Crippen LogP contribution in [0.1, 0.15) is 11.6 Å². The maximum absolute atomic E-state index is 11.5. The van der Waals surface area contributed by atoms with Crippen molar-refractivity contribution < 1.29 is 14.6 Å². The van der Waals surface area contributed by atoms with Crippen molar-refractivity contribution in [1.29, 1.82) is 0 Å². The van der Waals surface area contributed by atoms with Gasteiger partial charge in [-0.25, -0.2) is 4.79 Å². The van der Waals surface area contributed by atoms with Crippen LogP contribution in [0.25, 0.3) is 0 Å². The molecule has 0 saturated heterocycles. The third-order valence-corrected chi connectivity index (χ3v) is 2.09. The van der Waals surface area contributed by atoms with Crippen LogP contribution in [0.2, 0.25) is 0 Å². The van der Waals surface area contributed by atoms with Crippen molar-refractivity contribution in [3.8, 4) is 18.1 Å². The molecular formula is C12H13NO3.